The molecule has 0 fully saturated rings. The van der Waals surface area contributed by atoms with Crippen molar-refractivity contribution in [3.8, 4) is 0 Å². The molecule has 0 bridgehead atoms. The summed E-state index contributed by atoms with van der Waals surface area (Å²) in [5, 5.41) is 3.64. The van der Waals surface area contributed by atoms with Crippen LogP contribution in [0.4, 0.5) is 17.1 Å². The van der Waals surface area contributed by atoms with Crippen molar-refractivity contribution < 1.29 is 13.2 Å². The van der Waals surface area contributed by atoms with Crippen LogP contribution in [0.15, 0.2) is 75.2 Å². The second kappa shape index (κ2) is 9.71. The van der Waals surface area contributed by atoms with Crippen molar-refractivity contribution in [2.24, 2.45) is 7.05 Å². The van der Waals surface area contributed by atoms with Gasteiger partial charge in [0, 0.05) is 29.6 Å². The Kier molecular flexibility index (Phi) is 6.89. The Hall–Kier alpha value is -2.99. The van der Waals surface area contributed by atoms with Gasteiger partial charge in [0.15, 0.2) is 0 Å². The average Bonchev–Trinajstić information content (AvgIpc) is 3.06. The largest absolute Gasteiger partial charge is 0.326 e. The van der Waals surface area contributed by atoms with Gasteiger partial charge in [0.05, 0.1) is 27.2 Å². The van der Waals surface area contributed by atoms with Gasteiger partial charge in [0.25, 0.3) is 14.8 Å². The highest BCUT2D eigenvalue weighted by molar-refractivity contribution is 8.00. The minimum absolute atomic E-state index is 0.0272. The Morgan fingerprint density at radius 1 is 1.03 bits per heavy atom. The van der Waals surface area contributed by atoms with Gasteiger partial charge in [0.1, 0.15) is 0 Å². The molecule has 0 atom stereocenters. The van der Waals surface area contributed by atoms with Gasteiger partial charge in [-0.25, -0.2) is 8.42 Å². The van der Waals surface area contributed by atoms with Crippen LogP contribution in [-0.4, -0.2) is 18.3 Å². The van der Waals surface area contributed by atoms with E-state index in [2.05, 4.69) is 14.8 Å². The highest BCUT2D eigenvalue weighted by Crippen LogP contribution is 2.32. The number of anilines is 3. The molecule has 4 aromatic rings. The average molecular weight is 535 g/mol. The number of aromatic nitrogens is 1. The summed E-state index contributed by atoms with van der Waals surface area (Å²) < 4.78 is 33.3. The second-order valence-corrected chi connectivity index (χ2v) is 11.4. The zero-order valence-corrected chi connectivity index (χ0v) is 21.2. The van der Waals surface area contributed by atoms with Crippen LogP contribution in [0.5, 0.6) is 0 Å². The molecule has 34 heavy (non-hydrogen) atoms. The second-order valence-electron chi connectivity index (χ2n) is 7.26. The molecule has 1 amide bonds. The number of fused-ring (bicyclic) bond motifs is 1. The van der Waals surface area contributed by atoms with Crippen molar-refractivity contribution >= 4 is 79.0 Å². The summed E-state index contributed by atoms with van der Waals surface area (Å²) in [6.07, 6.45) is 0. The number of halogens is 1. The van der Waals surface area contributed by atoms with Crippen LogP contribution in [-0.2, 0) is 21.9 Å². The molecule has 3 aromatic carbocycles. The van der Waals surface area contributed by atoms with Crippen molar-refractivity contribution in [1.82, 2.24) is 3.96 Å². The lowest BCUT2D eigenvalue weighted by Crippen LogP contribution is -2.14. The summed E-state index contributed by atoms with van der Waals surface area (Å²) >= 11 is 8.51. The van der Waals surface area contributed by atoms with Crippen molar-refractivity contribution in [3.63, 3.8) is 0 Å². The molecule has 0 aliphatic carbocycles. The predicted octanol–water partition coefficient (Wildman–Crippen LogP) is 5.13. The minimum Gasteiger partial charge on any atom is -0.326 e. The summed E-state index contributed by atoms with van der Waals surface area (Å²) in [4.78, 5) is 24.1. The molecular weight excluding hydrogens is 516 g/mol. The predicted molar refractivity (Wildman–Crippen MR) is 140 cm³/mol. The van der Waals surface area contributed by atoms with E-state index in [9.17, 15) is 18.0 Å². The third-order valence-corrected chi connectivity index (χ3v) is 8.02. The maximum atomic E-state index is 12.9. The third-order valence-electron chi connectivity index (χ3n) is 4.74. The first-order chi connectivity index (χ1) is 16.1. The van der Waals surface area contributed by atoms with Crippen molar-refractivity contribution in [3.05, 3.63) is 75.2 Å². The van der Waals surface area contributed by atoms with E-state index < -0.39 is 10.0 Å². The lowest BCUT2D eigenvalue weighted by molar-refractivity contribution is -0.114. The molecule has 0 radical (unpaired) electrons. The molecule has 0 saturated carbocycles. The van der Waals surface area contributed by atoms with Crippen LogP contribution in [0.3, 0.4) is 0 Å². The van der Waals surface area contributed by atoms with Crippen molar-refractivity contribution in [2.45, 2.75) is 16.7 Å². The molecule has 176 valence electrons. The molecule has 0 aliphatic rings. The van der Waals surface area contributed by atoms with Crippen molar-refractivity contribution in [1.29, 1.82) is 0 Å². The summed E-state index contributed by atoms with van der Waals surface area (Å²) in [6, 6.07) is 16.1. The Balaban J connectivity index is 1.55. The number of benzene rings is 3. The van der Waals surface area contributed by atoms with Gasteiger partial charge < -0.3 is 10.0 Å². The summed E-state index contributed by atoms with van der Waals surface area (Å²) in [5.41, 5.74) is 2.10. The first-order valence-corrected chi connectivity index (χ1v) is 13.3. The van der Waals surface area contributed by atoms with E-state index in [1.807, 2.05) is 23.1 Å². The summed E-state index contributed by atoms with van der Waals surface area (Å²) in [6.45, 7) is 1.37. The van der Waals surface area contributed by atoms with Gasteiger partial charge in [0.2, 0.25) is 5.91 Å². The fraction of sp³-hybridized carbons (Fsp3) is 0.0909. The number of aryl methyl sites for hydroxylation is 1. The maximum Gasteiger partial charge on any atom is 0.261 e. The summed E-state index contributed by atoms with van der Waals surface area (Å²) in [7, 11) is -2.08. The van der Waals surface area contributed by atoms with Crippen LogP contribution in [0.25, 0.3) is 10.9 Å². The Morgan fingerprint density at radius 2 is 1.76 bits per heavy atom. The molecule has 1 aromatic heterocycles. The fourth-order valence-electron chi connectivity index (χ4n) is 3.17. The van der Waals surface area contributed by atoms with Crippen LogP contribution >= 0.6 is 35.1 Å². The van der Waals surface area contributed by atoms with E-state index >= 15 is 0 Å². The number of hydrogen-bond donors (Lipinski definition) is 3. The molecule has 12 heteroatoms. The van der Waals surface area contributed by atoms with Gasteiger partial charge in [-0.1, -0.05) is 11.6 Å². The number of rotatable bonds is 7. The van der Waals surface area contributed by atoms with Crippen molar-refractivity contribution in [2.75, 3.05) is 14.8 Å². The topological polar surface area (TPSA) is 109 Å². The van der Waals surface area contributed by atoms with Gasteiger partial charge in [-0.2, -0.15) is 0 Å². The molecular formula is C22H19ClN4O4S3. The van der Waals surface area contributed by atoms with Crippen LogP contribution in [0.2, 0.25) is 5.02 Å². The van der Waals surface area contributed by atoms with Gasteiger partial charge in [-0.05, 0) is 84.1 Å². The highest BCUT2D eigenvalue weighted by Gasteiger charge is 2.17. The maximum absolute atomic E-state index is 12.9. The van der Waals surface area contributed by atoms with Gasteiger partial charge in [-0.15, -0.1) is 0 Å². The number of hydrogen-bond acceptors (Lipinski definition) is 7. The molecule has 4 rings (SSSR count). The molecule has 0 spiro atoms. The SMILES string of the molecule is CC(=O)Nc1ccc(S(=O)(=O)Nc2ccc(Cl)cc2NSc2ccc3c(c2)c(=O)sn3C)cc1. The number of sulfonamides is 1. The smallest absolute Gasteiger partial charge is 0.261 e. The Bertz CT molecular complexity index is 1550. The molecule has 8 nitrogen and oxygen atoms in total. The van der Waals surface area contributed by atoms with Gasteiger partial charge in [-0.3, -0.25) is 18.3 Å². The minimum atomic E-state index is -3.91. The number of nitrogens with zero attached hydrogens (tertiary/aromatic N) is 1. The number of carbonyl (C=O) groups excluding carboxylic acids is 1. The first kappa shape index (κ1) is 24.1. The quantitative estimate of drug-likeness (QED) is 0.283. The highest BCUT2D eigenvalue weighted by atomic mass is 35.5. The molecule has 0 saturated heterocycles. The Morgan fingerprint density at radius 3 is 2.47 bits per heavy atom. The summed E-state index contributed by atoms with van der Waals surface area (Å²) in [5.74, 6) is -0.248. The monoisotopic (exact) mass is 534 g/mol. The van der Waals surface area contributed by atoms with Crippen LogP contribution in [0.1, 0.15) is 6.92 Å². The van der Waals surface area contributed by atoms with E-state index in [4.69, 9.17) is 11.6 Å². The third kappa shape index (κ3) is 5.39. The van der Waals surface area contributed by atoms with Crippen LogP contribution in [0, 0.1) is 0 Å². The lowest BCUT2D eigenvalue weighted by Gasteiger charge is -2.14. The zero-order chi connectivity index (χ0) is 24.5. The number of amides is 1. The molecule has 0 aliphatic heterocycles. The zero-order valence-electron chi connectivity index (χ0n) is 18.0. The van der Waals surface area contributed by atoms with E-state index in [-0.39, 0.29) is 15.5 Å². The Labute approximate surface area is 209 Å². The number of nitrogens with one attached hydrogen (secondary N) is 3. The lowest BCUT2D eigenvalue weighted by atomic mass is 10.2. The first-order valence-electron chi connectivity index (χ1n) is 9.85. The standard InChI is InChI=1S/C22H19ClN4O4S3/c1-13(28)24-15-4-7-17(8-5-15)34(30,31)26-19-9-3-14(23)11-20(19)25-32-16-6-10-21-18(12-16)22(29)33-27(21)2/h3-12,25-26H,1-2H3,(H,24,28). The van der Waals surface area contributed by atoms with Gasteiger partial charge >= 0.3 is 0 Å². The van der Waals surface area contributed by atoms with E-state index in [0.29, 0.717) is 27.5 Å². The normalized spacial score (nSPS) is 11.4. The number of carbonyl (C=O) groups is 1. The molecule has 1 heterocycles. The van der Waals surface area contributed by atoms with E-state index in [0.717, 1.165) is 21.9 Å². The van der Waals surface area contributed by atoms with E-state index in [1.54, 1.807) is 24.3 Å². The fourth-order valence-corrected chi connectivity index (χ4v) is 5.90. The van der Waals surface area contributed by atoms with E-state index in [1.165, 1.54) is 43.1 Å². The molecule has 0 unspecified atom stereocenters. The molecule has 3 N–H and O–H groups in total. The van der Waals surface area contributed by atoms with Crippen LogP contribution < -0.4 is 19.5 Å².